The van der Waals surface area contributed by atoms with E-state index < -0.39 is 17.7 Å². The predicted octanol–water partition coefficient (Wildman–Crippen LogP) is 2.12. The van der Waals surface area contributed by atoms with Crippen molar-refractivity contribution in [2.75, 3.05) is 11.1 Å². The van der Waals surface area contributed by atoms with Gasteiger partial charge in [0.1, 0.15) is 0 Å². The first-order valence-corrected chi connectivity index (χ1v) is 7.72. The van der Waals surface area contributed by atoms with E-state index in [1.165, 1.54) is 6.92 Å². The molecular formula is C17H16N6O3. The van der Waals surface area contributed by atoms with E-state index in [1.807, 2.05) is 0 Å². The minimum Gasteiger partial charge on any atom is -0.399 e. The number of azo groups is 1. The summed E-state index contributed by atoms with van der Waals surface area (Å²) in [4.78, 5) is 40.6. The van der Waals surface area contributed by atoms with Gasteiger partial charge in [0.2, 0.25) is 6.04 Å². The van der Waals surface area contributed by atoms with Gasteiger partial charge in [-0.3, -0.25) is 9.59 Å². The van der Waals surface area contributed by atoms with Crippen LogP contribution in [0.15, 0.2) is 57.5 Å². The first-order valence-electron chi connectivity index (χ1n) is 7.72. The van der Waals surface area contributed by atoms with Crippen LogP contribution in [0.2, 0.25) is 0 Å². The van der Waals surface area contributed by atoms with Crippen LogP contribution in [-0.2, 0) is 9.59 Å². The van der Waals surface area contributed by atoms with Crippen LogP contribution in [0.3, 0.4) is 0 Å². The molecule has 0 saturated carbocycles. The molecule has 5 N–H and O–H groups in total. The molecule has 0 aliphatic heterocycles. The molecule has 132 valence electrons. The van der Waals surface area contributed by atoms with Gasteiger partial charge in [0.15, 0.2) is 5.78 Å². The van der Waals surface area contributed by atoms with E-state index in [4.69, 9.17) is 5.73 Å². The van der Waals surface area contributed by atoms with Crippen LogP contribution in [0.4, 0.5) is 17.1 Å². The van der Waals surface area contributed by atoms with E-state index >= 15 is 0 Å². The third kappa shape index (κ3) is 3.83. The highest BCUT2D eigenvalue weighted by atomic mass is 16.2. The van der Waals surface area contributed by atoms with Crippen molar-refractivity contribution in [3.05, 3.63) is 52.9 Å². The Kier molecular flexibility index (Phi) is 4.61. The van der Waals surface area contributed by atoms with Crippen LogP contribution in [0.1, 0.15) is 6.92 Å². The second-order valence-electron chi connectivity index (χ2n) is 5.65. The zero-order valence-corrected chi connectivity index (χ0v) is 13.8. The average Bonchev–Trinajstić information content (AvgIpc) is 2.94. The number of nitrogens with two attached hydrogens (primary N) is 1. The number of nitrogen functional groups attached to an aromatic ring is 1. The maximum absolute atomic E-state index is 12.3. The molecule has 0 aliphatic carbocycles. The predicted molar refractivity (Wildman–Crippen MR) is 97.4 cm³/mol. The standard InChI is InChI=1S/C17H16N6O3/c1-9(24)15(16(25)19-11-4-2-3-10(18)7-11)23-22-12-5-6-13-14(8-12)21-17(26)20-13/h2-8,15H,18H2,1H3,(H,19,25)(H2,20,21,26). The van der Waals surface area contributed by atoms with Gasteiger partial charge in [-0.1, -0.05) is 6.07 Å². The molecule has 1 atom stereocenters. The van der Waals surface area contributed by atoms with Crippen molar-refractivity contribution in [1.29, 1.82) is 0 Å². The Labute approximate surface area is 147 Å². The second kappa shape index (κ2) is 7.01. The topological polar surface area (TPSA) is 146 Å². The largest absolute Gasteiger partial charge is 0.399 e. The van der Waals surface area contributed by atoms with Crippen LogP contribution in [0.5, 0.6) is 0 Å². The molecule has 1 aromatic heterocycles. The van der Waals surface area contributed by atoms with Gasteiger partial charge in [-0.2, -0.15) is 10.2 Å². The van der Waals surface area contributed by atoms with E-state index in [0.29, 0.717) is 28.1 Å². The summed E-state index contributed by atoms with van der Waals surface area (Å²) in [7, 11) is 0. The van der Waals surface area contributed by atoms with Crippen molar-refractivity contribution >= 4 is 39.8 Å². The number of anilines is 2. The monoisotopic (exact) mass is 352 g/mol. The zero-order valence-electron chi connectivity index (χ0n) is 13.8. The number of aromatic amines is 2. The van der Waals surface area contributed by atoms with Gasteiger partial charge in [-0.05, 0) is 43.3 Å². The quantitative estimate of drug-likeness (QED) is 0.316. The number of carbonyl (C=O) groups is 2. The Morgan fingerprint density at radius 1 is 1.12 bits per heavy atom. The molecule has 0 fully saturated rings. The normalized spacial score (nSPS) is 12.3. The number of imidazole rings is 1. The van der Waals surface area contributed by atoms with Crippen LogP contribution in [-0.4, -0.2) is 27.7 Å². The number of aromatic nitrogens is 2. The third-order valence-corrected chi connectivity index (χ3v) is 3.58. The van der Waals surface area contributed by atoms with E-state index in [2.05, 4.69) is 25.5 Å². The number of carbonyl (C=O) groups excluding carboxylic acids is 2. The highest BCUT2D eigenvalue weighted by molar-refractivity contribution is 6.10. The summed E-state index contributed by atoms with van der Waals surface area (Å²) in [6.45, 7) is 1.26. The Balaban J connectivity index is 1.80. The molecule has 9 nitrogen and oxygen atoms in total. The van der Waals surface area contributed by atoms with Gasteiger partial charge in [-0.25, -0.2) is 4.79 Å². The second-order valence-corrected chi connectivity index (χ2v) is 5.65. The molecule has 1 unspecified atom stereocenters. The Morgan fingerprint density at radius 2 is 1.88 bits per heavy atom. The molecule has 1 heterocycles. The van der Waals surface area contributed by atoms with Crippen molar-refractivity contribution in [2.45, 2.75) is 13.0 Å². The molecule has 2 aromatic carbocycles. The van der Waals surface area contributed by atoms with E-state index in [1.54, 1.807) is 42.5 Å². The van der Waals surface area contributed by atoms with E-state index in [-0.39, 0.29) is 5.69 Å². The lowest BCUT2D eigenvalue weighted by Gasteiger charge is -2.09. The van der Waals surface area contributed by atoms with Gasteiger partial charge < -0.3 is 21.0 Å². The van der Waals surface area contributed by atoms with Crippen LogP contribution in [0.25, 0.3) is 11.0 Å². The summed E-state index contributed by atoms with van der Waals surface area (Å²) in [5.41, 5.74) is 7.84. The highest BCUT2D eigenvalue weighted by Gasteiger charge is 2.23. The van der Waals surface area contributed by atoms with Crippen molar-refractivity contribution in [3.8, 4) is 0 Å². The van der Waals surface area contributed by atoms with Gasteiger partial charge in [0, 0.05) is 11.4 Å². The van der Waals surface area contributed by atoms with Crippen LogP contribution < -0.4 is 16.7 Å². The molecule has 9 heteroatoms. The van der Waals surface area contributed by atoms with Gasteiger partial charge >= 0.3 is 5.69 Å². The summed E-state index contributed by atoms with van der Waals surface area (Å²) in [6, 6.07) is 10.1. The minimum absolute atomic E-state index is 0.336. The molecule has 0 radical (unpaired) electrons. The summed E-state index contributed by atoms with van der Waals surface area (Å²) >= 11 is 0. The zero-order chi connectivity index (χ0) is 18.7. The number of benzene rings is 2. The number of ketones is 1. The lowest BCUT2D eigenvalue weighted by Crippen LogP contribution is -2.31. The number of hydrogen-bond acceptors (Lipinski definition) is 6. The van der Waals surface area contributed by atoms with Crippen LogP contribution >= 0.6 is 0 Å². The fraction of sp³-hybridized carbons (Fsp3) is 0.118. The fourth-order valence-electron chi connectivity index (χ4n) is 2.35. The molecule has 0 aliphatic rings. The van der Waals surface area contributed by atoms with Crippen LogP contribution in [0, 0.1) is 0 Å². The molecule has 0 saturated heterocycles. The number of Topliss-reactive ketones (excluding diaryl/α,β-unsaturated/α-hetero) is 1. The SMILES string of the molecule is CC(=O)C(N=Nc1ccc2[nH]c(=O)[nH]c2c1)C(=O)Nc1cccc(N)c1. The summed E-state index contributed by atoms with van der Waals surface area (Å²) < 4.78 is 0. The van der Waals surface area contributed by atoms with E-state index in [9.17, 15) is 14.4 Å². The number of rotatable bonds is 5. The maximum Gasteiger partial charge on any atom is 0.323 e. The minimum atomic E-state index is -1.29. The van der Waals surface area contributed by atoms with Gasteiger partial charge in [-0.15, -0.1) is 0 Å². The lowest BCUT2D eigenvalue weighted by molar-refractivity contribution is -0.126. The molecule has 1 amide bonds. The Bertz CT molecular complexity index is 1070. The number of nitrogens with one attached hydrogen (secondary N) is 3. The summed E-state index contributed by atoms with van der Waals surface area (Å²) in [5.74, 6) is -1.06. The third-order valence-electron chi connectivity index (χ3n) is 3.58. The Morgan fingerprint density at radius 3 is 2.62 bits per heavy atom. The summed E-state index contributed by atoms with van der Waals surface area (Å²) in [5, 5.41) is 10.4. The van der Waals surface area contributed by atoms with Crippen molar-refractivity contribution in [1.82, 2.24) is 9.97 Å². The summed E-state index contributed by atoms with van der Waals surface area (Å²) in [6.07, 6.45) is 0. The molecule has 3 rings (SSSR count). The number of H-pyrrole nitrogens is 2. The van der Waals surface area contributed by atoms with Gasteiger partial charge in [0.05, 0.1) is 16.7 Å². The molecular weight excluding hydrogens is 336 g/mol. The smallest absolute Gasteiger partial charge is 0.323 e. The van der Waals surface area contributed by atoms with E-state index in [0.717, 1.165) is 0 Å². The van der Waals surface area contributed by atoms with Crippen molar-refractivity contribution in [3.63, 3.8) is 0 Å². The van der Waals surface area contributed by atoms with Gasteiger partial charge in [0.25, 0.3) is 5.91 Å². The maximum atomic E-state index is 12.3. The highest BCUT2D eigenvalue weighted by Crippen LogP contribution is 2.19. The lowest BCUT2D eigenvalue weighted by atomic mass is 10.2. The Hall–Kier alpha value is -3.75. The number of fused-ring (bicyclic) bond motifs is 1. The molecule has 26 heavy (non-hydrogen) atoms. The molecule has 3 aromatic rings. The number of amides is 1. The molecule has 0 spiro atoms. The van der Waals surface area contributed by atoms with Crippen molar-refractivity contribution in [2.24, 2.45) is 10.2 Å². The molecule has 0 bridgehead atoms. The fourth-order valence-corrected chi connectivity index (χ4v) is 2.35. The number of nitrogens with zero attached hydrogens (tertiary/aromatic N) is 2. The van der Waals surface area contributed by atoms with Crippen molar-refractivity contribution < 1.29 is 9.59 Å². The average molecular weight is 352 g/mol. The first-order chi connectivity index (χ1) is 12.4. The first kappa shape index (κ1) is 17.1. The number of hydrogen-bond donors (Lipinski definition) is 4.